The molecule has 0 aromatic rings. The SMILES string of the molecule is CC(C)(C)N1C=C(Cl)SC1S(N)(=O)=O. The maximum atomic E-state index is 11.3. The maximum Gasteiger partial charge on any atom is 0.240 e. The van der Waals surface area contributed by atoms with Crippen LogP contribution in [0.5, 0.6) is 0 Å². The molecule has 0 bridgehead atoms. The molecule has 0 aromatic carbocycles. The first-order valence-electron chi connectivity index (χ1n) is 3.96. The number of halogens is 1. The van der Waals surface area contributed by atoms with Gasteiger partial charge in [0.05, 0.1) is 4.36 Å². The summed E-state index contributed by atoms with van der Waals surface area (Å²) in [6, 6.07) is 0. The Morgan fingerprint density at radius 3 is 2.36 bits per heavy atom. The van der Waals surface area contributed by atoms with Gasteiger partial charge in [0.25, 0.3) is 0 Å². The zero-order valence-corrected chi connectivity index (χ0v) is 10.6. The molecule has 0 aromatic heterocycles. The summed E-state index contributed by atoms with van der Waals surface area (Å²) in [5.74, 6) is 0. The van der Waals surface area contributed by atoms with Gasteiger partial charge in [0.1, 0.15) is 0 Å². The fraction of sp³-hybridized carbons (Fsp3) is 0.714. The zero-order valence-electron chi connectivity index (χ0n) is 8.19. The van der Waals surface area contributed by atoms with Crippen molar-refractivity contribution >= 4 is 33.4 Å². The van der Waals surface area contributed by atoms with Gasteiger partial charge in [-0.15, -0.1) is 0 Å². The zero-order chi connectivity index (χ0) is 11.1. The molecule has 1 rings (SSSR count). The molecule has 0 radical (unpaired) electrons. The van der Waals surface area contributed by atoms with Gasteiger partial charge in [-0.2, -0.15) is 0 Å². The van der Waals surface area contributed by atoms with Gasteiger partial charge >= 0.3 is 0 Å². The topological polar surface area (TPSA) is 63.4 Å². The lowest BCUT2D eigenvalue weighted by Crippen LogP contribution is -2.46. The van der Waals surface area contributed by atoms with Gasteiger partial charge in [0, 0.05) is 11.7 Å². The Morgan fingerprint density at radius 2 is 2.07 bits per heavy atom. The molecule has 0 spiro atoms. The fourth-order valence-electron chi connectivity index (χ4n) is 1.09. The van der Waals surface area contributed by atoms with Crippen LogP contribution < -0.4 is 5.14 Å². The van der Waals surface area contributed by atoms with Gasteiger partial charge in [0.2, 0.25) is 10.0 Å². The van der Waals surface area contributed by atoms with E-state index in [9.17, 15) is 8.42 Å². The fourth-order valence-corrected chi connectivity index (χ4v) is 4.00. The van der Waals surface area contributed by atoms with Crippen molar-refractivity contribution in [3.8, 4) is 0 Å². The molecule has 1 heterocycles. The molecule has 0 saturated heterocycles. The van der Waals surface area contributed by atoms with Crippen LogP contribution in [-0.4, -0.2) is 23.6 Å². The molecule has 82 valence electrons. The lowest BCUT2D eigenvalue weighted by molar-refractivity contribution is 0.226. The van der Waals surface area contributed by atoms with Crippen LogP contribution in [0.3, 0.4) is 0 Å². The Balaban J connectivity index is 3.03. The molecule has 2 N–H and O–H groups in total. The molecule has 0 saturated carbocycles. The lowest BCUT2D eigenvalue weighted by Gasteiger charge is -2.35. The molecular weight excluding hydrogens is 244 g/mol. The minimum absolute atomic E-state index is 0.319. The second kappa shape index (κ2) is 3.59. The molecule has 0 fully saturated rings. The summed E-state index contributed by atoms with van der Waals surface area (Å²) < 4.78 is 22.2. The molecule has 1 atom stereocenters. The Labute approximate surface area is 93.5 Å². The van der Waals surface area contributed by atoms with E-state index in [4.69, 9.17) is 16.7 Å². The average molecular weight is 257 g/mol. The molecule has 4 nitrogen and oxygen atoms in total. The third-order valence-corrected chi connectivity index (χ3v) is 4.74. The van der Waals surface area contributed by atoms with Gasteiger partial charge in [-0.25, -0.2) is 13.6 Å². The lowest BCUT2D eigenvalue weighted by atomic mass is 10.1. The predicted molar refractivity (Wildman–Crippen MR) is 60.0 cm³/mol. The maximum absolute atomic E-state index is 11.3. The minimum atomic E-state index is -3.62. The van der Waals surface area contributed by atoms with Crippen molar-refractivity contribution in [3.05, 3.63) is 10.6 Å². The predicted octanol–water partition coefficient (Wildman–Crippen LogP) is 1.44. The van der Waals surface area contributed by atoms with Gasteiger partial charge < -0.3 is 4.90 Å². The molecule has 14 heavy (non-hydrogen) atoms. The van der Waals surface area contributed by atoms with Crippen molar-refractivity contribution in [1.82, 2.24) is 4.90 Å². The van der Waals surface area contributed by atoms with Crippen LogP contribution in [-0.2, 0) is 10.0 Å². The van der Waals surface area contributed by atoms with Crippen molar-refractivity contribution in [3.63, 3.8) is 0 Å². The molecule has 0 aliphatic carbocycles. The summed E-state index contributed by atoms with van der Waals surface area (Å²) in [6.45, 7) is 5.70. The highest BCUT2D eigenvalue weighted by Gasteiger charge is 2.39. The largest absolute Gasteiger partial charge is 0.345 e. The number of hydrogen-bond donors (Lipinski definition) is 1. The standard InChI is InChI=1S/C7H13ClN2O2S2/c1-7(2,3)10-4-5(8)13-6(10)14(9,11)12/h4,6H,1-3H3,(H2,9,11,12). The second-order valence-electron chi connectivity index (χ2n) is 4.03. The number of primary sulfonamides is 1. The van der Waals surface area contributed by atoms with Crippen molar-refractivity contribution in [2.45, 2.75) is 31.0 Å². The van der Waals surface area contributed by atoms with E-state index in [-0.39, 0.29) is 5.54 Å². The highest BCUT2D eigenvalue weighted by atomic mass is 35.5. The summed E-state index contributed by atoms with van der Waals surface area (Å²) >= 11 is 6.82. The molecule has 7 heteroatoms. The molecule has 1 aliphatic rings. The van der Waals surface area contributed by atoms with E-state index < -0.39 is 14.7 Å². The van der Waals surface area contributed by atoms with E-state index in [0.29, 0.717) is 4.36 Å². The first kappa shape index (κ1) is 12.2. The number of rotatable bonds is 1. The summed E-state index contributed by atoms with van der Waals surface area (Å²) in [6.07, 6.45) is 1.61. The molecule has 1 aliphatic heterocycles. The van der Waals surface area contributed by atoms with E-state index in [1.807, 2.05) is 20.8 Å². The van der Waals surface area contributed by atoms with Crippen molar-refractivity contribution in [2.24, 2.45) is 5.14 Å². The van der Waals surface area contributed by atoms with Crippen LogP contribution in [0.15, 0.2) is 10.6 Å². The third kappa shape index (κ3) is 2.56. The van der Waals surface area contributed by atoms with E-state index in [2.05, 4.69) is 0 Å². The van der Waals surface area contributed by atoms with Gasteiger partial charge in [-0.3, -0.25) is 0 Å². The highest BCUT2D eigenvalue weighted by Crippen LogP contribution is 2.40. The monoisotopic (exact) mass is 256 g/mol. The Kier molecular flexibility index (Phi) is 3.12. The van der Waals surface area contributed by atoms with Gasteiger partial charge in [-0.05, 0) is 20.8 Å². The van der Waals surface area contributed by atoms with Gasteiger partial charge in [0.15, 0.2) is 4.71 Å². The number of nitrogens with zero attached hydrogens (tertiary/aromatic N) is 1. The summed E-state index contributed by atoms with van der Waals surface area (Å²) in [5.41, 5.74) is -0.319. The van der Waals surface area contributed by atoms with E-state index in [0.717, 1.165) is 11.8 Å². The number of sulfonamides is 1. The quantitative estimate of drug-likeness (QED) is 0.771. The first-order valence-corrected chi connectivity index (χ1v) is 6.83. The number of hydrogen-bond acceptors (Lipinski definition) is 4. The molecular formula is C7H13ClN2O2S2. The number of thioether (sulfide) groups is 1. The van der Waals surface area contributed by atoms with E-state index in [1.54, 1.807) is 11.1 Å². The van der Waals surface area contributed by atoms with Crippen LogP contribution in [0.4, 0.5) is 0 Å². The first-order chi connectivity index (χ1) is 6.12. The highest BCUT2D eigenvalue weighted by molar-refractivity contribution is 8.16. The van der Waals surface area contributed by atoms with Crippen molar-refractivity contribution in [1.29, 1.82) is 0 Å². The smallest absolute Gasteiger partial charge is 0.240 e. The Bertz CT molecular complexity index is 358. The van der Waals surface area contributed by atoms with Crippen LogP contribution >= 0.6 is 23.4 Å². The van der Waals surface area contributed by atoms with Crippen molar-refractivity contribution < 1.29 is 8.42 Å². The number of nitrogens with two attached hydrogens (primary N) is 1. The van der Waals surface area contributed by atoms with Crippen LogP contribution in [0.25, 0.3) is 0 Å². The van der Waals surface area contributed by atoms with Crippen molar-refractivity contribution in [2.75, 3.05) is 0 Å². The normalized spacial score (nSPS) is 23.9. The Hall–Kier alpha value is 0.0900. The molecule has 1 unspecified atom stereocenters. The van der Waals surface area contributed by atoms with Crippen LogP contribution in [0, 0.1) is 0 Å². The molecule has 0 amide bonds. The second-order valence-corrected chi connectivity index (χ2v) is 7.70. The van der Waals surface area contributed by atoms with Gasteiger partial charge in [-0.1, -0.05) is 23.4 Å². The summed E-state index contributed by atoms with van der Waals surface area (Å²) in [7, 11) is -3.62. The third-order valence-electron chi connectivity index (χ3n) is 1.74. The average Bonchev–Trinajstić information content (AvgIpc) is 2.27. The van der Waals surface area contributed by atoms with E-state index in [1.165, 1.54) is 0 Å². The summed E-state index contributed by atoms with van der Waals surface area (Å²) in [4.78, 5) is 1.65. The summed E-state index contributed by atoms with van der Waals surface area (Å²) in [5, 5.41) is 5.11. The van der Waals surface area contributed by atoms with Crippen LogP contribution in [0.1, 0.15) is 20.8 Å². The van der Waals surface area contributed by atoms with Crippen LogP contribution in [0.2, 0.25) is 0 Å². The minimum Gasteiger partial charge on any atom is -0.345 e. The van der Waals surface area contributed by atoms with E-state index >= 15 is 0 Å². The Morgan fingerprint density at radius 1 is 1.57 bits per heavy atom.